The van der Waals surface area contributed by atoms with Crippen LogP contribution in [0.2, 0.25) is 0 Å². The van der Waals surface area contributed by atoms with Crippen LogP contribution in [0.3, 0.4) is 0 Å². The first kappa shape index (κ1) is 29.4. The topological polar surface area (TPSA) is 26.3 Å². The Kier molecular flexibility index (Phi) is 6.09. The highest BCUT2D eigenvalue weighted by Gasteiger charge is 2.19. The van der Waals surface area contributed by atoms with Gasteiger partial charge in [0.1, 0.15) is 22.3 Å². The Bertz CT molecular complexity index is 3450. The second kappa shape index (κ2) is 11.2. The van der Waals surface area contributed by atoms with Crippen LogP contribution in [-0.4, -0.2) is 0 Å². The van der Waals surface area contributed by atoms with E-state index in [1.807, 2.05) is 0 Å². The minimum absolute atomic E-state index is 0.883. The van der Waals surface area contributed by atoms with Crippen molar-refractivity contribution in [2.24, 2.45) is 0 Å². The van der Waals surface area contributed by atoms with Crippen LogP contribution in [0.1, 0.15) is 0 Å². The zero-order valence-corrected chi connectivity index (χ0v) is 29.1. The fraction of sp³-hybridized carbons (Fsp3) is 0. The zero-order valence-electron chi connectivity index (χ0n) is 29.1. The molecule has 0 N–H and O–H groups in total. The highest BCUT2D eigenvalue weighted by atomic mass is 16.3. The van der Waals surface area contributed by atoms with Crippen molar-refractivity contribution in [1.82, 2.24) is 0 Å². The SMILES string of the molecule is c1ccc2cc(-c3c4ccccc4c(-c4ccc5oc6ccc(-c7ccc8oc9ccc%10ccccc%10c9c8c7)cc6c5c4)c4ccccc34)ccc2c1. The van der Waals surface area contributed by atoms with E-state index in [2.05, 4.69) is 182 Å². The summed E-state index contributed by atoms with van der Waals surface area (Å²) < 4.78 is 12.8. The smallest absolute Gasteiger partial charge is 0.136 e. The van der Waals surface area contributed by atoms with Gasteiger partial charge in [0.05, 0.1) is 0 Å². The normalized spacial score (nSPS) is 12.1. The average molecular weight is 687 g/mol. The van der Waals surface area contributed by atoms with Gasteiger partial charge >= 0.3 is 0 Å². The van der Waals surface area contributed by atoms with Gasteiger partial charge in [-0.1, -0.05) is 133 Å². The van der Waals surface area contributed by atoms with E-state index in [4.69, 9.17) is 8.83 Å². The number of hydrogen-bond donors (Lipinski definition) is 0. The molecular weight excluding hydrogens is 657 g/mol. The van der Waals surface area contributed by atoms with Crippen LogP contribution in [0, 0.1) is 0 Å². The van der Waals surface area contributed by atoms with Gasteiger partial charge in [-0.05, 0) is 125 Å². The highest BCUT2D eigenvalue weighted by molar-refractivity contribution is 6.23. The summed E-state index contributed by atoms with van der Waals surface area (Å²) >= 11 is 0. The van der Waals surface area contributed by atoms with Gasteiger partial charge in [0, 0.05) is 21.5 Å². The van der Waals surface area contributed by atoms with Gasteiger partial charge < -0.3 is 8.83 Å². The van der Waals surface area contributed by atoms with Crippen LogP contribution in [-0.2, 0) is 0 Å². The summed E-state index contributed by atoms with van der Waals surface area (Å²) in [6.07, 6.45) is 0. The van der Waals surface area contributed by atoms with Crippen LogP contribution in [0.5, 0.6) is 0 Å². The monoisotopic (exact) mass is 686 g/mol. The van der Waals surface area contributed by atoms with Crippen molar-refractivity contribution in [2.75, 3.05) is 0 Å². The van der Waals surface area contributed by atoms with Gasteiger partial charge in [0.25, 0.3) is 0 Å². The Balaban J connectivity index is 1.05. The molecule has 0 saturated heterocycles. The lowest BCUT2D eigenvalue weighted by atomic mass is 9.85. The first-order valence-corrected chi connectivity index (χ1v) is 18.5. The highest BCUT2D eigenvalue weighted by Crippen LogP contribution is 2.46. The molecule has 250 valence electrons. The maximum atomic E-state index is 6.47. The van der Waals surface area contributed by atoms with Crippen LogP contribution < -0.4 is 0 Å². The second-order valence-corrected chi connectivity index (χ2v) is 14.4. The molecule has 0 radical (unpaired) electrons. The molecule has 2 nitrogen and oxygen atoms in total. The van der Waals surface area contributed by atoms with Crippen molar-refractivity contribution < 1.29 is 8.83 Å². The fourth-order valence-corrected chi connectivity index (χ4v) is 8.93. The average Bonchev–Trinajstić information content (AvgIpc) is 3.80. The second-order valence-electron chi connectivity index (χ2n) is 14.4. The van der Waals surface area contributed by atoms with Gasteiger partial charge in [-0.15, -0.1) is 0 Å². The first-order chi connectivity index (χ1) is 26.7. The molecule has 2 heteroatoms. The predicted molar refractivity (Wildman–Crippen MR) is 227 cm³/mol. The molecule has 0 saturated carbocycles. The lowest BCUT2D eigenvalue weighted by Gasteiger charge is -2.18. The van der Waals surface area contributed by atoms with Crippen LogP contribution in [0.4, 0.5) is 0 Å². The molecule has 0 unspecified atom stereocenters. The standard InChI is InChI=1S/C52H30O2/c1-2-11-33-27-36(18-17-31(33)9-1)50-39-13-5-7-15-41(39)51(42-16-8-6-14-40(42)50)37-22-25-47-44(30-37)43-28-34(20-23-46(43)53-47)35-21-24-48-45(29-35)52-38-12-4-3-10-32(38)19-26-49(52)54-48/h1-30H. The molecular formula is C52H30O2. The quantitative estimate of drug-likeness (QED) is 0.173. The lowest BCUT2D eigenvalue weighted by molar-refractivity contribution is 0.668. The predicted octanol–water partition coefficient (Wildman–Crippen LogP) is 15.1. The number of benzene rings is 10. The third-order valence-electron chi connectivity index (χ3n) is 11.4. The third kappa shape index (κ3) is 4.28. The lowest BCUT2D eigenvalue weighted by Crippen LogP contribution is -1.91. The summed E-state index contributed by atoms with van der Waals surface area (Å²) in [5.74, 6) is 0. The van der Waals surface area contributed by atoms with E-state index in [9.17, 15) is 0 Å². The van der Waals surface area contributed by atoms with E-state index in [0.29, 0.717) is 0 Å². The van der Waals surface area contributed by atoms with Gasteiger partial charge in [-0.25, -0.2) is 0 Å². The summed E-state index contributed by atoms with van der Waals surface area (Å²) in [5, 5.41) is 14.4. The van der Waals surface area contributed by atoms with Crippen molar-refractivity contribution in [1.29, 1.82) is 0 Å². The van der Waals surface area contributed by atoms with Crippen LogP contribution in [0.15, 0.2) is 191 Å². The van der Waals surface area contributed by atoms with Crippen LogP contribution >= 0.6 is 0 Å². The number of hydrogen-bond acceptors (Lipinski definition) is 2. The molecule has 0 bridgehead atoms. The van der Waals surface area contributed by atoms with Gasteiger partial charge in [0.2, 0.25) is 0 Å². The largest absolute Gasteiger partial charge is 0.456 e. The Morgan fingerprint density at radius 2 is 0.648 bits per heavy atom. The van der Waals surface area contributed by atoms with Crippen molar-refractivity contribution in [3.05, 3.63) is 182 Å². The fourth-order valence-electron chi connectivity index (χ4n) is 8.93. The summed E-state index contributed by atoms with van der Waals surface area (Å²) in [4.78, 5) is 0. The van der Waals surface area contributed by atoms with Crippen LogP contribution in [0.25, 0.3) is 120 Å². The molecule has 0 atom stereocenters. The number of rotatable bonds is 3. The van der Waals surface area contributed by atoms with Crippen molar-refractivity contribution >= 4 is 87.0 Å². The Labute approximate surface area is 310 Å². The molecule has 0 spiro atoms. The minimum Gasteiger partial charge on any atom is -0.456 e. The summed E-state index contributed by atoms with van der Waals surface area (Å²) in [7, 11) is 0. The van der Waals surface area contributed by atoms with Gasteiger partial charge in [-0.2, -0.15) is 0 Å². The molecule has 2 aromatic heterocycles. The summed E-state index contributed by atoms with van der Waals surface area (Å²) in [6.45, 7) is 0. The first-order valence-electron chi connectivity index (χ1n) is 18.5. The van der Waals surface area contributed by atoms with E-state index < -0.39 is 0 Å². The Hall–Kier alpha value is -7.16. The summed E-state index contributed by atoms with van der Waals surface area (Å²) in [5.41, 5.74) is 10.8. The Morgan fingerprint density at radius 1 is 0.241 bits per heavy atom. The molecule has 0 fully saturated rings. The molecule has 0 aliphatic carbocycles. The van der Waals surface area contributed by atoms with E-state index in [1.165, 1.54) is 65.3 Å². The van der Waals surface area contributed by atoms with Crippen molar-refractivity contribution in [3.63, 3.8) is 0 Å². The van der Waals surface area contributed by atoms with Gasteiger partial charge in [-0.3, -0.25) is 0 Å². The minimum atomic E-state index is 0.883. The summed E-state index contributed by atoms with van der Waals surface area (Å²) in [6, 6.07) is 65.7. The molecule has 54 heavy (non-hydrogen) atoms. The third-order valence-corrected chi connectivity index (χ3v) is 11.4. The van der Waals surface area contributed by atoms with E-state index >= 15 is 0 Å². The number of fused-ring (bicyclic) bond motifs is 11. The molecule has 0 aliphatic heterocycles. The Morgan fingerprint density at radius 3 is 1.30 bits per heavy atom. The molecule has 10 aromatic carbocycles. The molecule has 0 aliphatic rings. The zero-order chi connectivity index (χ0) is 35.3. The molecule has 0 amide bonds. The van der Waals surface area contributed by atoms with Crippen molar-refractivity contribution in [2.45, 2.75) is 0 Å². The molecule has 2 heterocycles. The molecule has 12 rings (SSSR count). The maximum Gasteiger partial charge on any atom is 0.136 e. The van der Waals surface area contributed by atoms with Crippen molar-refractivity contribution in [3.8, 4) is 33.4 Å². The van der Waals surface area contributed by atoms with E-state index in [-0.39, 0.29) is 0 Å². The maximum absolute atomic E-state index is 6.47. The van der Waals surface area contributed by atoms with E-state index in [1.54, 1.807) is 0 Å². The van der Waals surface area contributed by atoms with E-state index in [0.717, 1.165) is 55.0 Å². The number of furan rings is 2. The molecule has 12 aromatic rings. The van der Waals surface area contributed by atoms with Gasteiger partial charge in [0.15, 0.2) is 0 Å².